The fourth-order valence-corrected chi connectivity index (χ4v) is 3.22. The van der Waals surface area contributed by atoms with Crippen LogP contribution in [0.3, 0.4) is 0 Å². The first-order valence-electron chi connectivity index (χ1n) is 4.52. The first kappa shape index (κ1) is 13.6. The quantitative estimate of drug-likeness (QED) is 0.534. The minimum Gasteiger partial charge on any atom is -0.481 e. The van der Waals surface area contributed by atoms with Crippen molar-refractivity contribution in [1.29, 1.82) is 0 Å². The molecule has 1 aliphatic rings. The highest BCUT2D eigenvalue weighted by Gasteiger charge is 2.53. The molecular weight excluding hydrogens is 251 g/mol. The predicted octanol–water partition coefficient (Wildman–Crippen LogP) is 0.204. The van der Waals surface area contributed by atoms with Gasteiger partial charge in [-0.15, -0.1) is 0 Å². The first-order valence-corrected chi connectivity index (χ1v) is 6.20. The Hall–Kier alpha value is -1.43. The van der Waals surface area contributed by atoms with E-state index in [-0.39, 0.29) is 0 Å². The van der Waals surface area contributed by atoms with E-state index in [4.69, 9.17) is 20.0 Å². The van der Waals surface area contributed by atoms with Crippen molar-refractivity contribution in [2.45, 2.75) is 12.6 Å². The summed E-state index contributed by atoms with van der Waals surface area (Å²) in [5, 5.41) is 17.9. The molecule has 1 rings (SSSR count). The van der Waals surface area contributed by atoms with Crippen LogP contribution in [-0.4, -0.2) is 37.6 Å². The molecule has 0 saturated heterocycles. The Morgan fingerprint density at radius 1 is 1.35 bits per heavy atom. The molecule has 0 radical (unpaired) electrons. The van der Waals surface area contributed by atoms with Crippen LogP contribution in [0.4, 0.5) is 0 Å². The number of aliphatic carboxylic acids is 2. The molecule has 2 atom stereocenters. The number of allylic oxidation sites excluding steroid dienone is 2. The van der Waals surface area contributed by atoms with E-state index >= 15 is 0 Å². The summed E-state index contributed by atoms with van der Waals surface area (Å²) in [4.78, 5) is 40.3. The van der Waals surface area contributed by atoms with Crippen molar-refractivity contribution in [2.75, 3.05) is 0 Å². The Balaban J connectivity index is 3.44. The van der Waals surface area contributed by atoms with Gasteiger partial charge in [0.1, 0.15) is 11.1 Å². The normalized spacial score (nSPS) is 28.6. The molecular formula is C9H11O7P. The lowest BCUT2D eigenvalue weighted by Crippen LogP contribution is -2.42. The molecule has 0 aromatic rings. The van der Waals surface area contributed by atoms with Gasteiger partial charge in [0.15, 0.2) is 0 Å². The number of carboxylic acid groups (broad SMARTS) is 2. The van der Waals surface area contributed by atoms with Crippen molar-refractivity contribution in [3.63, 3.8) is 0 Å². The van der Waals surface area contributed by atoms with Crippen molar-refractivity contribution >= 4 is 19.5 Å². The average molecular weight is 262 g/mol. The first-order chi connectivity index (χ1) is 7.60. The van der Waals surface area contributed by atoms with Crippen LogP contribution in [0.5, 0.6) is 0 Å². The molecule has 0 aromatic carbocycles. The van der Waals surface area contributed by atoms with Crippen molar-refractivity contribution in [3.8, 4) is 0 Å². The fourth-order valence-electron chi connectivity index (χ4n) is 1.76. The van der Waals surface area contributed by atoms with Gasteiger partial charge in [0, 0.05) is 0 Å². The Labute approximate surface area is 96.2 Å². The fraction of sp³-hybridized carbons (Fsp3) is 0.333. The van der Waals surface area contributed by atoms with Gasteiger partial charge in [0.05, 0.1) is 5.57 Å². The Morgan fingerprint density at radius 3 is 2.24 bits per heavy atom. The van der Waals surface area contributed by atoms with Gasteiger partial charge < -0.3 is 20.0 Å². The second kappa shape index (κ2) is 4.10. The van der Waals surface area contributed by atoms with Crippen molar-refractivity contribution in [3.05, 3.63) is 23.8 Å². The highest BCUT2D eigenvalue weighted by atomic mass is 31.2. The van der Waals surface area contributed by atoms with E-state index in [0.717, 1.165) is 19.1 Å². The highest BCUT2D eigenvalue weighted by molar-refractivity contribution is 7.53. The zero-order chi connectivity index (χ0) is 13.4. The summed E-state index contributed by atoms with van der Waals surface area (Å²) in [7, 11) is -4.91. The molecule has 0 spiro atoms. The number of hydrogen-bond donors (Lipinski definition) is 4. The molecule has 0 fully saturated rings. The number of hydrogen-bond acceptors (Lipinski definition) is 3. The van der Waals surface area contributed by atoms with E-state index in [0.29, 0.717) is 0 Å². The maximum Gasteiger partial charge on any atom is 0.334 e. The standard InChI is InChI=1S/C9H11O7P/c1-9(8(12)13)4-2-3-5(7(10)11)6(9)17(14,15)16/h2-4,6H,1H3,(H,10,11)(H,12,13)(H2,14,15,16). The molecule has 0 aliphatic heterocycles. The number of carbonyl (C=O) groups is 2. The van der Waals surface area contributed by atoms with Crippen molar-refractivity contribution < 1.29 is 34.2 Å². The van der Waals surface area contributed by atoms with Gasteiger partial charge >= 0.3 is 19.5 Å². The highest BCUT2D eigenvalue weighted by Crippen LogP contribution is 2.55. The summed E-state index contributed by atoms with van der Waals surface area (Å²) in [6, 6.07) is 0. The molecule has 0 saturated carbocycles. The molecule has 0 amide bonds. The summed E-state index contributed by atoms with van der Waals surface area (Å²) >= 11 is 0. The average Bonchev–Trinajstić information content (AvgIpc) is 2.14. The summed E-state index contributed by atoms with van der Waals surface area (Å²) < 4.78 is 11.3. The Morgan fingerprint density at radius 2 is 1.88 bits per heavy atom. The molecule has 0 bridgehead atoms. The molecule has 0 aromatic heterocycles. The summed E-state index contributed by atoms with van der Waals surface area (Å²) in [6.07, 6.45) is 3.24. The third kappa shape index (κ3) is 2.31. The molecule has 7 nitrogen and oxygen atoms in total. The second-order valence-corrected chi connectivity index (χ2v) is 5.56. The zero-order valence-electron chi connectivity index (χ0n) is 8.77. The molecule has 17 heavy (non-hydrogen) atoms. The van der Waals surface area contributed by atoms with Crippen LogP contribution in [0, 0.1) is 5.41 Å². The largest absolute Gasteiger partial charge is 0.481 e. The molecule has 94 valence electrons. The molecule has 2 unspecified atom stereocenters. The lowest BCUT2D eigenvalue weighted by Gasteiger charge is -2.33. The van der Waals surface area contributed by atoms with Gasteiger partial charge in [0.2, 0.25) is 0 Å². The lowest BCUT2D eigenvalue weighted by molar-refractivity contribution is -0.145. The Kier molecular flexibility index (Phi) is 3.29. The summed E-state index contributed by atoms with van der Waals surface area (Å²) in [6.45, 7) is 1.07. The zero-order valence-corrected chi connectivity index (χ0v) is 9.66. The van der Waals surface area contributed by atoms with E-state index in [1.807, 2.05) is 0 Å². The van der Waals surface area contributed by atoms with E-state index < -0.39 is 36.2 Å². The van der Waals surface area contributed by atoms with Gasteiger partial charge in [-0.1, -0.05) is 18.2 Å². The monoisotopic (exact) mass is 262 g/mol. The van der Waals surface area contributed by atoms with Gasteiger partial charge in [-0.25, -0.2) is 4.79 Å². The topological polar surface area (TPSA) is 132 Å². The van der Waals surface area contributed by atoms with E-state index in [1.165, 1.54) is 6.08 Å². The van der Waals surface area contributed by atoms with Crippen molar-refractivity contribution in [1.82, 2.24) is 0 Å². The SMILES string of the molecule is CC1(C(=O)O)C=CC=C(C(=O)O)C1P(=O)(O)O. The van der Waals surface area contributed by atoms with E-state index in [2.05, 4.69) is 0 Å². The summed E-state index contributed by atoms with van der Waals surface area (Å²) in [5.41, 5.74) is -4.44. The van der Waals surface area contributed by atoms with Crippen LogP contribution >= 0.6 is 7.60 Å². The van der Waals surface area contributed by atoms with Gasteiger partial charge in [-0.05, 0) is 6.92 Å². The smallest absolute Gasteiger partial charge is 0.334 e. The molecule has 0 heterocycles. The second-order valence-electron chi connectivity index (χ2n) is 3.87. The maximum absolute atomic E-state index is 11.3. The van der Waals surface area contributed by atoms with E-state index in [1.54, 1.807) is 0 Å². The minimum atomic E-state index is -4.91. The van der Waals surface area contributed by atoms with Crippen molar-refractivity contribution in [2.24, 2.45) is 5.41 Å². The molecule has 4 N–H and O–H groups in total. The van der Waals surface area contributed by atoms with Gasteiger partial charge in [-0.3, -0.25) is 9.36 Å². The Bertz CT molecular complexity index is 472. The van der Waals surface area contributed by atoms with Crippen LogP contribution < -0.4 is 0 Å². The van der Waals surface area contributed by atoms with E-state index in [9.17, 15) is 14.2 Å². The predicted molar refractivity (Wildman–Crippen MR) is 56.4 cm³/mol. The minimum absolute atomic E-state index is 0.606. The summed E-state index contributed by atoms with van der Waals surface area (Å²) in [5.74, 6) is -3.04. The third-order valence-corrected chi connectivity index (χ3v) is 4.11. The number of rotatable bonds is 3. The number of carboxylic acids is 2. The van der Waals surface area contributed by atoms with Crippen LogP contribution in [0.15, 0.2) is 23.8 Å². The molecule has 8 heteroatoms. The van der Waals surface area contributed by atoms with Crippen LogP contribution in [0.25, 0.3) is 0 Å². The maximum atomic E-state index is 11.3. The van der Waals surface area contributed by atoms with Crippen LogP contribution in [0.2, 0.25) is 0 Å². The van der Waals surface area contributed by atoms with Gasteiger partial charge in [-0.2, -0.15) is 0 Å². The third-order valence-electron chi connectivity index (χ3n) is 2.62. The van der Waals surface area contributed by atoms with Crippen LogP contribution in [0.1, 0.15) is 6.92 Å². The molecule has 1 aliphatic carbocycles. The van der Waals surface area contributed by atoms with Gasteiger partial charge in [0.25, 0.3) is 0 Å². The van der Waals surface area contributed by atoms with Crippen LogP contribution in [-0.2, 0) is 14.2 Å². The lowest BCUT2D eigenvalue weighted by atomic mass is 9.79.